The van der Waals surface area contributed by atoms with Gasteiger partial charge in [0.05, 0.1) is 23.0 Å². The van der Waals surface area contributed by atoms with E-state index in [0.717, 1.165) is 16.6 Å². The van der Waals surface area contributed by atoms with E-state index in [1.54, 1.807) is 37.8 Å². The molecule has 0 saturated heterocycles. The lowest BCUT2D eigenvalue weighted by Crippen LogP contribution is -2.49. The highest BCUT2D eigenvalue weighted by atomic mass is 32.2. The number of aromatic amines is 1. The number of pyridine rings is 3. The number of H-pyrrole nitrogens is 1. The van der Waals surface area contributed by atoms with Crippen molar-refractivity contribution in [1.82, 2.24) is 30.0 Å². The second-order valence-electron chi connectivity index (χ2n) is 8.42. The molecule has 12 heteroatoms. The van der Waals surface area contributed by atoms with E-state index in [-0.39, 0.29) is 28.6 Å². The molecule has 1 saturated carbocycles. The van der Waals surface area contributed by atoms with Gasteiger partial charge in [0.2, 0.25) is 0 Å². The summed E-state index contributed by atoms with van der Waals surface area (Å²) in [6, 6.07) is 9.60. The second kappa shape index (κ2) is 9.37. The monoisotopic (exact) mass is 502 g/mol. The summed E-state index contributed by atoms with van der Waals surface area (Å²) in [4.78, 5) is 28.0. The Morgan fingerprint density at radius 1 is 1.11 bits per heavy atom. The zero-order valence-corrected chi connectivity index (χ0v) is 20.0. The van der Waals surface area contributed by atoms with Crippen molar-refractivity contribution in [3.8, 4) is 17.3 Å². The molecule has 5 rings (SSSR count). The molecule has 1 fully saturated rings. The van der Waals surface area contributed by atoms with E-state index < -0.39 is 10.0 Å². The summed E-state index contributed by atoms with van der Waals surface area (Å²) < 4.78 is 28.1. The molecular weight excluding hydrogens is 480 g/mol. The first-order valence-corrected chi connectivity index (χ1v) is 12.7. The largest absolute Gasteiger partial charge is 0.381 e. The fraction of sp³-hybridized carbons (Fsp3) is 0.208. The molecule has 0 bridgehead atoms. The molecule has 36 heavy (non-hydrogen) atoms. The Bertz CT molecular complexity index is 1600. The van der Waals surface area contributed by atoms with E-state index in [1.165, 1.54) is 18.3 Å². The van der Waals surface area contributed by atoms with Crippen molar-refractivity contribution in [2.24, 2.45) is 0 Å². The van der Waals surface area contributed by atoms with Crippen LogP contribution in [0.1, 0.15) is 28.8 Å². The number of carbonyl (C=O) groups is 1. The van der Waals surface area contributed by atoms with Gasteiger partial charge in [-0.1, -0.05) is 0 Å². The average molecular weight is 503 g/mol. The van der Waals surface area contributed by atoms with Crippen LogP contribution in [-0.2, 0) is 10.0 Å². The lowest BCUT2D eigenvalue weighted by molar-refractivity contribution is 0.0963. The Hall–Kier alpha value is -4.34. The van der Waals surface area contributed by atoms with Gasteiger partial charge in [-0.3, -0.25) is 9.78 Å². The fourth-order valence-corrected chi connectivity index (χ4v) is 5.40. The zero-order valence-electron chi connectivity index (χ0n) is 19.2. The van der Waals surface area contributed by atoms with Crippen LogP contribution in [0.5, 0.6) is 0 Å². The standard InChI is InChI=1S/C24H22N8O3S/c1-26-24(33)15-3-6-27-20(9-15)19-13-30-23-18(4-7-29-23)22(19)31-16-10-17(11-16)32-36(34,35)21-8-14(12-25)2-5-28-21/h2-9,13,16-17,32H,10-11H2,1H3,(H,26,33)(H2,29,30,31). The van der Waals surface area contributed by atoms with Crippen molar-refractivity contribution in [3.05, 3.63) is 66.2 Å². The molecule has 0 unspecified atom stereocenters. The number of sulfonamides is 1. The number of nitriles is 1. The molecule has 1 aliphatic rings. The van der Waals surface area contributed by atoms with Crippen molar-refractivity contribution >= 4 is 32.7 Å². The summed E-state index contributed by atoms with van der Waals surface area (Å²) in [5, 5.41) is 15.8. The maximum Gasteiger partial charge on any atom is 0.258 e. The number of carbonyl (C=O) groups excluding carboxylic acids is 1. The van der Waals surface area contributed by atoms with Gasteiger partial charge in [-0.2, -0.15) is 5.26 Å². The minimum absolute atomic E-state index is 0.00234. The van der Waals surface area contributed by atoms with Crippen LogP contribution in [0, 0.1) is 11.3 Å². The number of aromatic nitrogens is 4. The molecular formula is C24H22N8O3S. The van der Waals surface area contributed by atoms with E-state index in [0.29, 0.717) is 29.7 Å². The van der Waals surface area contributed by atoms with Gasteiger partial charge in [0.15, 0.2) is 5.03 Å². The first-order chi connectivity index (χ1) is 17.4. The highest BCUT2D eigenvalue weighted by Gasteiger charge is 2.34. The van der Waals surface area contributed by atoms with Gasteiger partial charge >= 0.3 is 0 Å². The zero-order chi connectivity index (χ0) is 25.3. The van der Waals surface area contributed by atoms with E-state index >= 15 is 0 Å². The third-order valence-corrected chi connectivity index (χ3v) is 7.48. The molecule has 0 aliphatic heterocycles. The molecule has 0 aromatic carbocycles. The van der Waals surface area contributed by atoms with E-state index in [9.17, 15) is 13.2 Å². The summed E-state index contributed by atoms with van der Waals surface area (Å²) in [5.74, 6) is -0.215. The lowest BCUT2D eigenvalue weighted by Gasteiger charge is -2.37. The first kappa shape index (κ1) is 23.4. The topological polar surface area (TPSA) is 166 Å². The maximum absolute atomic E-state index is 12.7. The van der Waals surface area contributed by atoms with Crippen LogP contribution < -0.4 is 15.4 Å². The summed E-state index contributed by atoms with van der Waals surface area (Å²) in [6.45, 7) is 0. The maximum atomic E-state index is 12.7. The molecule has 0 spiro atoms. The lowest BCUT2D eigenvalue weighted by atomic mass is 9.87. The molecule has 4 aromatic heterocycles. The summed E-state index contributed by atoms with van der Waals surface area (Å²) >= 11 is 0. The Balaban J connectivity index is 1.35. The molecule has 1 amide bonds. The number of nitrogens with zero attached hydrogens (tertiary/aromatic N) is 4. The van der Waals surface area contributed by atoms with E-state index in [2.05, 4.69) is 35.3 Å². The Labute approximate surface area is 207 Å². The second-order valence-corrected chi connectivity index (χ2v) is 10.1. The smallest absolute Gasteiger partial charge is 0.258 e. The fourth-order valence-electron chi connectivity index (χ4n) is 4.16. The van der Waals surface area contributed by atoms with Crippen LogP contribution in [0.4, 0.5) is 5.69 Å². The molecule has 4 N–H and O–H groups in total. The Morgan fingerprint density at radius 3 is 2.69 bits per heavy atom. The van der Waals surface area contributed by atoms with Crippen LogP contribution in [0.3, 0.4) is 0 Å². The van der Waals surface area contributed by atoms with E-state index in [1.807, 2.05) is 12.1 Å². The molecule has 0 atom stereocenters. The number of fused-ring (bicyclic) bond motifs is 1. The first-order valence-electron chi connectivity index (χ1n) is 11.2. The van der Waals surface area contributed by atoms with Crippen molar-refractivity contribution in [3.63, 3.8) is 0 Å². The van der Waals surface area contributed by atoms with Gasteiger partial charge in [0.25, 0.3) is 15.9 Å². The number of hydrogen-bond acceptors (Lipinski definition) is 8. The predicted octanol–water partition coefficient (Wildman–Crippen LogP) is 2.17. The van der Waals surface area contributed by atoms with Crippen molar-refractivity contribution in [2.75, 3.05) is 12.4 Å². The summed E-state index contributed by atoms with van der Waals surface area (Å²) in [7, 11) is -2.27. The molecule has 4 heterocycles. The van der Waals surface area contributed by atoms with Crippen LogP contribution in [0.15, 0.2) is 60.1 Å². The van der Waals surface area contributed by atoms with E-state index in [4.69, 9.17) is 5.26 Å². The van der Waals surface area contributed by atoms with Gasteiger partial charge in [-0.25, -0.2) is 23.1 Å². The van der Waals surface area contributed by atoms with Crippen LogP contribution >= 0.6 is 0 Å². The third-order valence-electron chi connectivity index (χ3n) is 6.06. The van der Waals surface area contributed by atoms with Gasteiger partial charge in [-0.15, -0.1) is 0 Å². The molecule has 11 nitrogen and oxygen atoms in total. The molecule has 182 valence electrons. The molecule has 4 aromatic rings. The van der Waals surface area contributed by atoms with Gasteiger partial charge < -0.3 is 15.6 Å². The average Bonchev–Trinajstić information content (AvgIpc) is 3.36. The van der Waals surface area contributed by atoms with Crippen molar-refractivity contribution in [1.29, 1.82) is 5.26 Å². The van der Waals surface area contributed by atoms with Gasteiger partial charge in [0, 0.05) is 60.4 Å². The van der Waals surface area contributed by atoms with Crippen LogP contribution in [-0.4, -0.2) is 53.4 Å². The number of amides is 1. The Kier molecular flexibility index (Phi) is 6.09. The van der Waals surface area contributed by atoms with Gasteiger partial charge in [0.1, 0.15) is 5.65 Å². The normalized spacial score (nSPS) is 17.2. The number of anilines is 1. The SMILES string of the molecule is CNC(=O)c1ccnc(-c2cnc3[nH]ccc3c2NC2CC(NS(=O)(=O)c3cc(C#N)ccn3)C2)c1. The van der Waals surface area contributed by atoms with Crippen molar-refractivity contribution in [2.45, 2.75) is 30.0 Å². The quantitative estimate of drug-likeness (QED) is 0.298. The van der Waals surface area contributed by atoms with Gasteiger partial charge in [-0.05, 0) is 43.2 Å². The minimum atomic E-state index is -3.84. The number of nitrogens with one attached hydrogen (secondary N) is 4. The summed E-state index contributed by atoms with van der Waals surface area (Å²) in [6.07, 6.45) is 7.48. The molecule has 1 aliphatic carbocycles. The van der Waals surface area contributed by atoms with Crippen LogP contribution in [0.2, 0.25) is 0 Å². The van der Waals surface area contributed by atoms with Crippen LogP contribution in [0.25, 0.3) is 22.3 Å². The minimum Gasteiger partial charge on any atom is -0.381 e. The van der Waals surface area contributed by atoms with Crippen molar-refractivity contribution < 1.29 is 13.2 Å². The summed E-state index contributed by atoms with van der Waals surface area (Å²) in [5.41, 5.74) is 3.54. The number of hydrogen-bond donors (Lipinski definition) is 4. The molecule has 0 radical (unpaired) electrons. The predicted molar refractivity (Wildman–Crippen MR) is 132 cm³/mol. The number of rotatable bonds is 7. The highest BCUT2D eigenvalue weighted by Crippen LogP contribution is 2.36. The third kappa shape index (κ3) is 4.49. The Morgan fingerprint density at radius 2 is 1.92 bits per heavy atom. The highest BCUT2D eigenvalue weighted by molar-refractivity contribution is 7.89.